The summed E-state index contributed by atoms with van der Waals surface area (Å²) in [6.45, 7) is 1.84. The number of benzene rings is 2. The van der Waals surface area contributed by atoms with Gasteiger partial charge in [0.25, 0.3) is 0 Å². The van der Waals surface area contributed by atoms with Crippen LogP contribution in [0.3, 0.4) is 0 Å². The summed E-state index contributed by atoms with van der Waals surface area (Å²) in [4.78, 5) is 11.9. The second-order valence-corrected chi connectivity index (χ2v) is 11.2. The molecule has 0 aliphatic heterocycles. The van der Waals surface area contributed by atoms with Crippen molar-refractivity contribution in [2.75, 3.05) is 6.26 Å². The van der Waals surface area contributed by atoms with E-state index in [-0.39, 0.29) is 14.7 Å². The van der Waals surface area contributed by atoms with Gasteiger partial charge in [0.1, 0.15) is 0 Å². The zero-order valence-corrected chi connectivity index (χ0v) is 18.0. The van der Waals surface area contributed by atoms with Crippen LogP contribution in [0.5, 0.6) is 0 Å². The van der Waals surface area contributed by atoms with E-state index in [9.17, 15) is 21.6 Å². The molecule has 28 heavy (non-hydrogen) atoms. The van der Waals surface area contributed by atoms with Crippen molar-refractivity contribution < 1.29 is 16.8 Å². The second kappa shape index (κ2) is 7.43. The highest BCUT2D eigenvalue weighted by atomic mass is 32.2. The van der Waals surface area contributed by atoms with E-state index >= 15 is 0 Å². The summed E-state index contributed by atoms with van der Waals surface area (Å²) in [5, 5.41) is 0. The molecule has 150 valence electrons. The van der Waals surface area contributed by atoms with Crippen molar-refractivity contribution in [1.82, 2.24) is 9.29 Å². The third-order valence-corrected chi connectivity index (χ3v) is 8.08. The number of fused-ring (bicyclic) bond motifs is 1. The van der Waals surface area contributed by atoms with Gasteiger partial charge in [-0.15, -0.1) is 0 Å². The molecule has 1 heterocycles. The van der Waals surface area contributed by atoms with Crippen LogP contribution in [0.4, 0.5) is 0 Å². The minimum Gasteiger partial charge on any atom is -0.302 e. The molecule has 1 N–H and O–H groups in total. The lowest BCUT2D eigenvalue weighted by Crippen LogP contribution is -2.28. The predicted octanol–water partition coefficient (Wildman–Crippen LogP) is 2.43. The molecule has 0 amide bonds. The maximum Gasteiger partial charge on any atom is 0.307 e. The fourth-order valence-electron chi connectivity index (χ4n) is 2.87. The molecule has 0 fully saturated rings. The Balaban J connectivity index is 1.92. The first-order valence-corrected chi connectivity index (χ1v) is 12.6. The Labute approximate surface area is 167 Å². The summed E-state index contributed by atoms with van der Waals surface area (Å²) in [6.07, 6.45) is 1.61. The van der Waals surface area contributed by atoms with Gasteiger partial charge in [-0.25, -0.2) is 21.6 Å². The van der Waals surface area contributed by atoms with Crippen molar-refractivity contribution in [3.8, 4) is 0 Å². The minimum atomic E-state index is -3.83. The third kappa shape index (κ3) is 4.04. The molecule has 10 heteroatoms. The first-order chi connectivity index (χ1) is 13.0. The van der Waals surface area contributed by atoms with Crippen molar-refractivity contribution in [2.45, 2.75) is 29.2 Å². The Kier molecular flexibility index (Phi) is 5.50. The van der Waals surface area contributed by atoms with Crippen LogP contribution in [-0.2, 0) is 26.9 Å². The number of nitrogens with one attached hydrogen (secondary N) is 1. The molecule has 1 atom stereocenters. The summed E-state index contributed by atoms with van der Waals surface area (Å²) in [7, 11) is -5.50. The average molecular weight is 441 g/mol. The van der Waals surface area contributed by atoms with Crippen molar-refractivity contribution in [3.63, 3.8) is 0 Å². The Morgan fingerprint density at radius 3 is 2.21 bits per heavy atom. The van der Waals surface area contributed by atoms with Crippen LogP contribution >= 0.6 is 11.3 Å². The summed E-state index contributed by atoms with van der Waals surface area (Å²) in [5.41, 5.74) is 1.35. The van der Waals surface area contributed by atoms with E-state index in [1.165, 1.54) is 28.8 Å². The summed E-state index contributed by atoms with van der Waals surface area (Å²) < 4.78 is 53.6. The molecule has 0 aliphatic carbocycles. The van der Waals surface area contributed by atoms with Crippen LogP contribution in [0.25, 0.3) is 10.2 Å². The smallest absolute Gasteiger partial charge is 0.302 e. The molecule has 0 aliphatic rings. The van der Waals surface area contributed by atoms with Crippen LogP contribution in [0, 0.1) is 0 Å². The number of sulfonamides is 1. The Hall–Kier alpha value is -2.01. The molecule has 0 spiro atoms. The van der Waals surface area contributed by atoms with Crippen molar-refractivity contribution >= 4 is 41.4 Å². The zero-order valence-electron chi connectivity index (χ0n) is 15.5. The van der Waals surface area contributed by atoms with Crippen LogP contribution in [-0.4, -0.2) is 27.7 Å². The van der Waals surface area contributed by atoms with Crippen molar-refractivity contribution in [3.05, 3.63) is 57.7 Å². The predicted molar refractivity (Wildman–Crippen MR) is 110 cm³/mol. The standard InChI is InChI=1S/C18H20N2O5S3/c1-4-15(12-5-7-13(8-6-12)27(3,22)23)19-28(24,25)14-9-10-16-17(11-14)26-18(21)20(16)2/h5-11,15,19H,4H2,1-3H3. The molecule has 2 aromatic carbocycles. The zero-order chi connectivity index (χ0) is 20.7. The number of sulfone groups is 1. The lowest BCUT2D eigenvalue weighted by atomic mass is 10.1. The molecule has 7 nitrogen and oxygen atoms in total. The van der Waals surface area contributed by atoms with Crippen molar-refractivity contribution in [1.29, 1.82) is 0 Å². The summed E-state index contributed by atoms with van der Waals surface area (Å²) >= 11 is 0.992. The molecule has 1 unspecified atom stereocenters. The fourth-order valence-corrected chi connectivity index (χ4v) is 5.83. The van der Waals surface area contributed by atoms with E-state index in [4.69, 9.17) is 0 Å². The number of thiazole rings is 1. The third-order valence-electron chi connectivity index (χ3n) is 4.49. The first-order valence-electron chi connectivity index (χ1n) is 8.45. The highest BCUT2D eigenvalue weighted by Crippen LogP contribution is 2.25. The van der Waals surface area contributed by atoms with Gasteiger partial charge in [-0.3, -0.25) is 4.79 Å². The maximum absolute atomic E-state index is 12.8. The van der Waals surface area contributed by atoms with E-state index in [2.05, 4.69) is 4.72 Å². The quantitative estimate of drug-likeness (QED) is 0.634. The largest absolute Gasteiger partial charge is 0.307 e. The van der Waals surface area contributed by atoms with E-state index in [0.29, 0.717) is 22.2 Å². The lowest BCUT2D eigenvalue weighted by molar-refractivity contribution is 0.550. The normalized spacial score (nSPS) is 13.7. The molecule has 0 saturated heterocycles. The van der Waals surface area contributed by atoms with Gasteiger partial charge >= 0.3 is 4.87 Å². The maximum atomic E-state index is 12.8. The summed E-state index contributed by atoms with van der Waals surface area (Å²) in [6, 6.07) is 10.2. The van der Waals surface area contributed by atoms with Crippen molar-refractivity contribution in [2.24, 2.45) is 7.05 Å². The Morgan fingerprint density at radius 1 is 1.04 bits per heavy atom. The molecule has 0 bridgehead atoms. The van der Waals surface area contributed by atoms with Gasteiger partial charge in [-0.2, -0.15) is 0 Å². The number of rotatable bonds is 6. The second-order valence-electron chi connectivity index (χ2n) is 6.48. The summed E-state index contributed by atoms with van der Waals surface area (Å²) in [5.74, 6) is 0. The first kappa shape index (κ1) is 20.7. The number of aryl methyl sites for hydroxylation is 1. The molecule has 3 aromatic rings. The number of nitrogens with zero attached hydrogens (tertiary/aromatic N) is 1. The minimum absolute atomic E-state index is 0.0769. The lowest BCUT2D eigenvalue weighted by Gasteiger charge is -2.18. The molecule has 0 radical (unpaired) electrons. The molecular weight excluding hydrogens is 420 g/mol. The number of aromatic nitrogens is 1. The monoisotopic (exact) mass is 440 g/mol. The van der Waals surface area contributed by atoms with Gasteiger partial charge in [0.15, 0.2) is 9.84 Å². The van der Waals surface area contributed by atoms with Crippen LogP contribution in [0.1, 0.15) is 24.9 Å². The van der Waals surface area contributed by atoms with Crippen LogP contribution in [0.15, 0.2) is 57.1 Å². The fraction of sp³-hybridized carbons (Fsp3) is 0.278. The van der Waals surface area contributed by atoms with Gasteiger partial charge in [-0.05, 0) is 42.3 Å². The molecular formula is C18H20N2O5S3. The Morgan fingerprint density at radius 2 is 1.64 bits per heavy atom. The van der Waals surface area contributed by atoms with E-state index in [0.717, 1.165) is 17.6 Å². The van der Waals surface area contributed by atoms with Gasteiger partial charge in [-0.1, -0.05) is 30.4 Å². The van der Waals surface area contributed by atoms with Gasteiger partial charge < -0.3 is 4.57 Å². The molecule has 1 aromatic heterocycles. The van der Waals surface area contributed by atoms with E-state index in [1.807, 2.05) is 6.92 Å². The SMILES string of the molecule is CCC(NS(=O)(=O)c1ccc2c(c1)sc(=O)n2C)c1ccc(S(C)(=O)=O)cc1. The Bertz CT molecular complexity index is 1290. The molecule has 3 rings (SSSR count). The molecule has 0 saturated carbocycles. The topological polar surface area (TPSA) is 102 Å². The van der Waals surface area contributed by atoms with Crippen LogP contribution in [0.2, 0.25) is 0 Å². The van der Waals surface area contributed by atoms with E-state index < -0.39 is 25.9 Å². The highest BCUT2D eigenvalue weighted by molar-refractivity contribution is 7.90. The van der Waals surface area contributed by atoms with E-state index in [1.54, 1.807) is 25.2 Å². The van der Waals surface area contributed by atoms with Gasteiger partial charge in [0.2, 0.25) is 10.0 Å². The number of hydrogen-bond donors (Lipinski definition) is 1. The number of hydrogen-bond acceptors (Lipinski definition) is 6. The van der Waals surface area contributed by atoms with Gasteiger partial charge in [0.05, 0.1) is 20.0 Å². The average Bonchev–Trinajstić information content (AvgIpc) is 2.93. The van der Waals surface area contributed by atoms with Gasteiger partial charge in [0, 0.05) is 19.3 Å². The van der Waals surface area contributed by atoms with Crippen LogP contribution < -0.4 is 9.60 Å². The highest BCUT2D eigenvalue weighted by Gasteiger charge is 2.22.